The summed E-state index contributed by atoms with van der Waals surface area (Å²) in [5, 5.41) is 13.5. The summed E-state index contributed by atoms with van der Waals surface area (Å²) in [6.45, 7) is 3.86. The Morgan fingerprint density at radius 2 is 2.42 bits per heavy atom. The zero-order valence-corrected chi connectivity index (χ0v) is 7.44. The van der Waals surface area contributed by atoms with Crippen molar-refractivity contribution in [2.75, 3.05) is 5.73 Å². The molecule has 0 radical (unpaired) electrons. The van der Waals surface area contributed by atoms with Crippen LogP contribution in [0.15, 0.2) is 12.4 Å². The SMILES string of the molecule is CCC(O)C(C)n1cc(N)cn1. The van der Waals surface area contributed by atoms with E-state index in [0.717, 1.165) is 6.42 Å². The highest BCUT2D eigenvalue weighted by Crippen LogP contribution is 2.13. The van der Waals surface area contributed by atoms with E-state index in [4.69, 9.17) is 5.73 Å². The van der Waals surface area contributed by atoms with E-state index < -0.39 is 0 Å². The van der Waals surface area contributed by atoms with Crippen LogP contribution in [0.3, 0.4) is 0 Å². The zero-order chi connectivity index (χ0) is 9.14. The molecule has 1 aromatic heterocycles. The lowest BCUT2D eigenvalue weighted by molar-refractivity contribution is 0.111. The quantitative estimate of drug-likeness (QED) is 0.703. The van der Waals surface area contributed by atoms with E-state index in [1.54, 1.807) is 17.1 Å². The molecule has 0 saturated carbocycles. The van der Waals surface area contributed by atoms with Crippen molar-refractivity contribution in [2.45, 2.75) is 32.4 Å². The van der Waals surface area contributed by atoms with Crippen molar-refractivity contribution in [3.05, 3.63) is 12.4 Å². The Kier molecular flexibility index (Phi) is 2.70. The second kappa shape index (κ2) is 3.58. The number of aliphatic hydroxyl groups is 1. The summed E-state index contributed by atoms with van der Waals surface area (Å²) < 4.78 is 1.68. The number of hydrogen-bond donors (Lipinski definition) is 2. The molecular weight excluding hydrogens is 154 g/mol. The maximum absolute atomic E-state index is 9.49. The van der Waals surface area contributed by atoms with Crippen LogP contribution in [0.25, 0.3) is 0 Å². The van der Waals surface area contributed by atoms with Crippen molar-refractivity contribution in [1.82, 2.24) is 9.78 Å². The normalized spacial score (nSPS) is 15.9. The molecule has 4 heteroatoms. The Bertz CT molecular complexity index is 246. The monoisotopic (exact) mass is 169 g/mol. The van der Waals surface area contributed by atoms with E-state index in [9.17, 15) is 5.11 Å². The summed E-state index contributed by atoms with van der Waals surface area (Å²) in [6, 6.07) is -0.00713. The molecule has 0 spiro atoms. The first kappa shape index (κ1) is 9.06. The molecule has 0 saturated heterocycles. The number of hydrogen-bond acceptors (Lipinski definition) is 3. The molecule has 2 unspecified atom stereocenters. The van der Waals surface area contributed by atoms with Gasteiger partial charge in [0.05, 0.1) is 24.0 Å². The molecule has 68 valence electrons. The molecule has 0 bridgehead atoms. The smallest absolute Gasteiger partial charge is 0.0758 e. The molecule has 1 rings (SSSR count). The molecule has 12 heavy (non-hydrogen) atoms. The first-order valence-electron chi connectivity index (χ1n) is 4.12. The minimum atomic E-state index is -0.357. The van der Waals surface area contributed by atoms with Gasteiger partial charge in [0.25, 0.3) is 0 Å². The molecule has 3 N–H and O–H groups in total. The largest absolute Gasteiger partial charge is 0.396 e. The fourth-order valence-corrected chi connectivity index (χ4v) is 1.09. The number of nitrogens with two attached hydrogens (primary N) is 1. The number of nitrogen functional groups attached to an aromatic ring is 1. The summed E-state index contributed by atoms with van der Waals surface area (Å²) in [7, 11) is 0. The summed E-state index contributed by atoms with van der Waals surface area (Å²) in [5.41, 5.74) is 6.12. The van der Waals surface area contributed by atoms with Crippen molar-refractivity contribution in [3.8, 4) is 0 Å². The van der Waals surface area contributed by atoms with Gasteiger partial charge in [0.1, 0.15) is 0 Å². The minimum absolute atomic E-state index is 0.00713. The van der Waals surface area contributed by atoms with E-state index in [1.165, 1.54) is 0 Å². The maximum Gasteiger partial charge on any atom is 0.0758 e. The molecule has 0 amide bonds. The maximum atomic E-state index is 9.49. The minimum Gasteiger partial charge on any atom is -0.396 e. The van der Waals surface area contributed by atoms with Crippen LogP contribution in [-0.4, -0.2) is 21.0 Å². The average Bonchev–Trinajstić information content (AvgIpc) is 2.49. The van der Waals surface area contributed by atoms with Crippen LogP contribution < -0.4 is 5.73 Å². The highest BCUT2D eigenvalue weighted by Gasteiger charge is 2.13. The summed E-state index contributed by atoms with van der Waals surface area (Å²) in [5.74, 6) is 0. The van der Waals surface area contributed by atoms with Crippen molar-refractivity contribution < 1.29 is 5.11 Å². The summed E-state index contributed by atoms with van der Waals surface area (Å²) in [6.07, 6.45) is 3.67. The van der Waals surface area contributed by atoms with E-state index in [1.807, 2.05) is 13.8 Å². The molecule has 2 atom stereocenters. The lowest BCUT2D eigenvalue weighted by atomic mass is 10.1. The summed E-state index contributed by atoms with van der Waals surface area (Å²) in [4.78, 5) is 0. The van der Waals surface area contributed by atoms with Gasteiger partial charge in [-0.25, -0.2) is 0 Å². The lowest BCUT2D eigenvalue weighted by Gasteiger charge is -2.17. The Hall–Kier alpha value is -1.03. The molecule has 0 fully saturated rings. The van der Waals surface area contributed by atoms with Gasteiger partial charge < -0.3 is 10.8 Å². The molecule has 1 heterocycles. The second-order valence-electron chi connectivity index (χ2n) is 2.97. The molecule has 0 aliphatic rings. The van der Waals surface area contributed by atoms with Gasteiger partial charge in [-0.1, -0.05) is 6.92 Å². The third-order valence-electron chi connectivity index (χ3n) is 2.01. The molecule has 0 aliphatic carbocycles. The molecule has 0 aliphatic heterocycles. The van der Waals surface area contributed by atoms with E-state index in [2.05, 4.69) is 5.10 Å². The zero-order valence-electron chi connectivity index (χ0n) is 7.44. The standard InChI is InChI=1S/C8H15N3O/c1-3-8(12)6(2)11-5-7(9)4-10-11/h4-6,8,12H,3,9H2,1-2H3. The fraction of sp³-hybridized carbons (Fsp3) is 0.625. The van der Waals surface area contributed by atoms with Gasteiger partial charge >= 0.3 is 0 Å². The first-order chi connectivity index (χ1) is 5.65. The lowest BCUT2D eigenvalue weighted by Crippen LogP contribution is -2.20. The molecule has 4 nitrogen and oxygen atoms in total. The first-order valence-corrected chi connectivity index (χ1v) is 4.12. The Balaban J connectivity index is 2.70. The van der Waals surface area contributed by atoms with Gasteiger partial charge in [-0.3, -0.25) is 4.68 Å². The second-order valence-corrected chi connectivity index (χ2v) is 2.97. The molecule has 0 aromatic carbocycles. The molecular formula is C8H15N3O. The average molecular weight is 169 g/mol. The van der Waals surface area contributed by atoms with Crippen LogP contribution in [-0.2, 0) is 0 Å². The van der Waals surface area contributed by atoms with Gasteiger partial charge in [0.2, 0.25) is 0 Å². The van der Waals surface area contributed by atoms with Crippen LogP contribution >= 0.6 is 0 Å². The number of anilines is 1. The highest BCUT2D eigenvalue weighted by atomic mass is 16.3. The van der Waals surface area contributed by atoms with Gasteiger partial charge in [-0.15, -0.1) is 0 Å². The predicted octanol–water partition coefficient (Wildman–Crippen LogP) is 0.797. The van der Waals surface area contributed by atoms with Gasteiger partial charge in [0.15, 0.2) is 0 Å². The van der Waals surface area contributed by atoms with Crippen molar-refractivity contribution in [3.63, 3.8) is 0 Å². The van der Waals surface area contributed by atoms with Crippen LogP contribution in [0.2, 0.25) is 0 Å². The number of nitrogens with zero attached hydrogens (tertiary/aromatic N) is 2. The predicted molar refractivity (Wildman–Crippen MR) is 47.6 cm³/mol. The van der Waals surface area contributed by atoms with Crippen molar-refractivity contribution in [2.24, 2.45) is 0 Å². The van der Waals surface area contributed by atoms with Crippen LogP contribution in [0, 0.1) is 0 Å². The van der Waals surface area contributed by atoms with Crippen LogP contribution in [0.4, 0.5) is 5.69 Å². The number of aliphatic hydroxyl groups excluding tert-OH is 1. The Morgan fingerprint density at radius 1 is 1.75 bits per heavy atom. The van der Waals surface area contributed by atoms with E-state index in [-0.39, 0.29) is 12.1 Å². The Labute approximate surface area is 72.0 Å². The number of aromatic nitrogens is 2. The van der Waals surface area contributed by atoms with Gasteiger partial charge in [-0.2, -0.15) is 5.10 Å². The topological polar surface area (TPSA) is 64.1 Å². The Morgan fingerprint density at radius 3 is 2.83 bits per heavy atom. The number of rotatable bonds is 3. The summed E-state index contributed by atoms with van der Waals surface area (Å²) >= 11 is 0. The fourth-order valence-electron chi connectivity index (χ4n) is 1.09. The van der Waals surface area contributed by atoms with Crippen molar-refractivity contribution in [1.29, 1.82) is 0 Å². The van der Waals surface area contributed by atoms with Crippen molar-refractivity contribution >= 4 is 5.69 Å². The third-order valence-corrected chi connectivity index (χ3v) is 2.01. The van der Waals surface area contributed by atoms with Crippen LogP contribution in [0.5, 0.6) is 0 Å². The molecule has 1 aromatic rings. The highest BCUT2D eigenvalue weighted by molar-refractivity contribution is 5.30. The van der Waals surface area contributed by atoms with Gasteiger partial charge in [0, 0.05) is 6.20 Å². The van der Waals surface area contributed by atoms with E-state index in [0.29, 0.717) is 5.69 Å². The van der Waals surface area contributed by atoms with Gasteiger partial charge in [-0.05, 0) is 13.3 Å². The van der Waals surface area contributed by atoms with Crippen LogP contribution in [0.1, 0.15) is 26.3 Å². The van der Waals surface area contributed by atoms with E-state index >= 15 is 0 Å². The third kappa shape index (κ3) is 1.76.